The zero-order chi connectivity index (χ0) is 18.8. The molecule has 27 heavy (non-hydrogen) atoms. The second-order valence-corrected chi connectivity index (χ2v) is 6.45. The monoisotopic (exact) mass is 549 g/mol. The fourth-order valence-corrected chi connectivity index (χ4v) is 2.84. The van der Waals surface area contributed by atoms with Crippen LogP contribution in [0.25, 0.3) is 11.4 Å². The summed E-state index contributed by atoms with van der Waals surface area (Å²) in [6, 6.07) is 4.92. The van der Waals surface area contributed by atoms with E-state index in [-0.39, 0.29) is 31.5 Å². The Morgan fingerprint density at radius 1 is 1.00 bits per heavy atom. The van der Waals surface area contributed by atoms with Crippen LogP contribution in [0.2, 0.25) is 0 Å². The molecule has 1 aromatic carbocycles. The van der Waals surface area contributed by atoms with E-state index in [1.807, 2.05) is 0 Å². The molecule has 0 aliphatic heterocycles. The minimum atomic E-state index is -0.969. The molecule has 0 saturated heterocycles. The van der Waals surface area contributed by atoms with Crippen LogP contribution in [0.3, 0.4) is 0 Å². The van der Waals surface area contributed by atoms with Gasteiger partial charge in [-0.25, -0.2) is 0 Å². The van der Waals surface area contributed by atoms with Crippen LogP contribution in [0.4, 0.5) is 8.78 Å². The van der Waals surface area contributed by atoms with Gasteiger partial charge in [-0.2, -0.15) is 5.26 Å². The van der Waals surface area contributed by atoms with Crippen molar-refractivity contribution in [3.05, 3.63) is 47.3 Å². The summed E-state index contributed by atoms with van der Waals surface area (Å²) in [5, 5.41) is 8.83. The Kier molecular flexibility index (Phi) is 10.9. The third-order valence-electron chi connectivity index (χ3n) is 4.38. The Labute approximate surface area is 173 Å². The molecule has 0 aliphatic rings. The van der Waals surface area contributed by atoms with Crippen molar-refractivity contribution in [3.63, 3.8) is 0 Å². The summed E-state index contributed by atoms with van der Waals surface area (Å²) in [6.07, 6.45) is 14.2. The van der Waals surface area contributed by atoms with Crippen LogP contribution in [0.15, 0.2) is 18.5 Å². The molecule has 1 aromatic heterocycles. The first-order valence-electron chi connectivity index (χ1n) is 9.28. The van der Waals surface area contributed by atoms with E-state index in [9.17, 15) is 8.78 Å². The number of benzene rings is 1. The van der Waals surface area contributed by atoms with Gasteiger partial charge in [-0.3, -0.25) is 18.7 Å². The summed E-state index contributed by atoms with van der Waals surface area (Å²) in [5.41, 5.74) is 0.273. The van der Waals surface area contributed by atoms with Gasteiger partial charge in [0, 0.05) is 38.1 Å². The molecule has 1 heterocycles. The number of hydrogen-bond acceptors (Lipinski definition) is 3. The number of nitrogens with zero attached hydrogens (tertiary/aromatic N) is 3. The topological polar surface area (TPSA) is 49.6 Å². The number of rotatable bonds is 10. The summed E-state index contributed by atoms with van der Waals surface area (Å²) >= 11 is 0. The van der Waals surface area contributed by atoms with E-state index in [0.29, 0.717) is 0 Å². The van der Waals surface area contributed by atoms with Crippen LogP contribution in [0.5, 0.6) is 0 Å². The molecule has 0 atom stereocenters. The first-order chi connectivity index (χ1) is 12.7. The van der Waals surface area contributed by atoms with Crippen LogP contribution < -0.4 is 0 Å². The molecule has 1 radical (unpaired) electrons. The summed E-state index contributed by atoms with van der Waals surface area (Å²) in [6.45, 7) is 2.22. The Bertz CT molecular complexity index is 742. The zero-order valence-electron chi connectivity index (χ0n) is 15.5. The van der Waals surface area contributed by atoms with E-state index >= 15 is 0 Å². The average Bonchev–Trinajstić information content (AvgIpc) is 2.65. The van der Waals surface area contributed by atoms with Crippen molar-refractivity contribution in [1.29, 1.82) is 5.26 Å². The molecule has 0 unspecified atom stereocenters. The third kappa shape index (κ3) is 7.08. The molecule has 6 heteroatoms. The van der Waals surface area contributed by atoms with Crippen molar-refractivity contribution in [1.82, 2.24) is 9.97 Å². The van der Waals surface area contributed by atoms with Crippen molar-refractivity contribution in [3.8, 4) is 17.5 Å². The summed E-state index contributed by atoms with van der Waals surface area (Å²) in [7, 11) is 0. The van der Waals surface area contributed by atoms with E-state index in [1.54, 1.807) is 12.4 Å². The van der Waals surface area contributed by atoms with E-state index in [4.69, 9.17) is 5.26 Å². The van der Waals surface area contributed by atoms with E-state index < -0.39 is 17.2 Å². The van der Waals surface area contributed by atoms with E-state index in [2.05, 4.69) is 23.0 Å². The van der Waals surface area contributed by atoms with E-state index in [1.165, 1.54) is 51.0 Å². The summed E-state index contributed by atoms with van der Waals surface area (Å²) in [4.78, 5) is 8.30. The quantitative estimate of drug-likeness (QED) is 0.280. The Hall–Kier alpha value is -1.70. The molecule has 0 bridgehead atoms. The summed E-state index contributed by atoms with van der Waals surface area (Å²) < 4.78 is 27.5. The number of aryl methyl sites for hydroxylation is 1. The molecule has 0 fully saturated rings. The average molecular weight is 549 g/mol. The molecule has 0 spiro atoms. The minimum absolute atomic E-state index is 0. The largest absolute Gasteiger partial charge is 0.285 e. The van der Waals surface area contributed by atoms with Crippen molar-refractivity contribution < 1.29 is 28.9 Å². The smallest absolute Gasteiger partial charge is 0.0848 e. The standard InChI is InChI=1S/C21H24F2N3.Ir/c1-2-3-4-5-6-7-8-9-10-16-14-25-21(26-15-16)17-11-12-19(22)18(13-24)20(17)23;/h12,14-15H,2-10H2,1H3;/q-1;. The first kappa shape index (κ1) is 23.3. The summed E-state index contributed by atoms with van der Waals surface area (Å²) in [5.74, 6) is -1.79. The van der Waals surface area contributed by atoms with Gasteiger partial charge in [-0.15, -0.1) is 12.1 Å². The molecule has 0 amide bonds. The second-order valence-electron chi connectivity index (χ2n) is 6.45. The Balaban J connectivity index is 0.00000364. The number of unbranched alkanes of at least 4 members (excludes halogenated alkanes) is 7. The predicted molar refractivity (Wildman–Crippen MR) is 97.2 cm³/mol. The maximum atomic E-state index is 14.1. The van der Waals surface area contributed by atoms with Crippen LogP contribution in [0, 0.1) is 29.0 Å². The first-order valence-corrected chi connectivity index (χ1v) is 9.28. The van der Waals surface area contributed by atoms with Crippen molar-refractivity contribution >= 4 is 0 Å². The molecule has 147 valence electrons. The predicted octanol–water partition coefficient (Wildman–Crippen LogP) is 5.77. The SMILES string of the molecule is CCCCCCCCCCc1cnc(-c2[c-]cc(F)c(C#N)c2F)nc1.[Ir]. The van der Waals surface area contributed by atoms with Gasteiger partial charge in [-0.05, 0) is 18.4 Å². The molecule has 2 aromatic rings. The Morgan fingerprint density at radius 3 is 2.19 bits per heavy atom. The van der Waals surface area contributed by atoms with Crippen molar-refractivity contribution in [2.24, 2.45) is 0 Å². The van der Waals surface area contributed by atoms with Gasteiger partial charge in [0.2, 0.25) is 0 Å². The van der Waals surface area contributed by atoms with Gasteiger partial charge in [0.05, 0.1) is 23.5 Å². The van der Waals surface area contributed by atoms with Gasteiger partial charge >= 0.3 is 0 Å². The van der Waals surface area contributed by atoms with Crippen molar-refractivity contribution in [2.75, 3.05) is 0 Å². The maximum Gasteiger partial charge on any atom is 0.0848 e. The van der Waals surface area contributed by atoms with E-state index in [0.717, 1.165) is 24.5 Å². The molecule has 0 aliphatic carbocycles. The van der Waals surface area contributed by atoms with Crippen molar-refractivity contribution in [2.45, 2.75) is 64.7 Å². The third-order valence-corrected chi connectivity index (χ3v) is 4.38. The Morgan fingerprint density at radius 2 is 1.59 bits per heavy atom. The molecular formula is C21H24F2IrN3-. The molecular weight excluding hydrogens is 524 g/mol. The van der Waals surface area contributed by atoms with Gasteiger partial charge in [0.1, 0.15) is 0 Å². The molecule has 2 rings (SSSR count). The number of halogens is 2. The number of hydrogen-bond donors (Lipinski definition) is 0. The van der Waals surface area contributed by atoms with Crippen LogP contribution >= 0.6 is 0 Å². The van der Waals surface area contributed by atoms with Gasteiger partial charge in [0.15, 0.2) is 0 Å². The van der Waals surface area contributed by atoms with Gasteiger partial charge in [-0.1, -0.05) is 57.4 Å². The number of aromatic nitrogens is 2. The molecule has 3 nitrogen and oxygen atoms in total. The minimum Gasteiger partial charge on any atom is -0.285 e. The van der Waals surface area contributed by atoms with Gasteiger partial charge < -0.3 is 0 Å². The normalized spacial score (nSPS) is 10.3. The molecule has 0 saturated carbocycles. The molecule has 0 N–H and O–H groups in total. The fourth-order valence-electron chi connectivity index (χ4n) is 2.84. The van der Waals surface area contributed by atoms with Crippen LogP contribution in [0.1, 0.15) is 69.4 Å². The fraction of sp³-hybridized carbons (Fsp3) is 0.476. The maximum absolute atomic E-state index is 14.1. The van der Waals surface area contributed by atoms with Gasteiger partial charge in [0.25, 0.3) is 0 Å². The number of nitriles is 1. The van der Waals surface area contributed by atoms with Crippen LogP contribution in [-0.4, -0.2) is 9.97 Å². The zero-order valence-corrected chi connectivity index (χ0v) is 17.9. The van der Waals surface area contributed by atoms with Crippen LogP contribution in [-0.2, 0) is 26.5 Å². The second kappa shape index (κ2) is 12.6.